The molecule has 0 radical (unpaired) electrons. The lowest BCUT2D eigenvalue weighted by atomic mass is 9.75. The number of ether oxygens (including phenoxy) is 1. The monoisotopic (exact) mass is 338 g/mol. The Kier molecular flexibility index (Phi) is 4.62. The Labute approximate surface area is 148 Å². The highest BCUT2D eigenvalue weighted by atomic mass is 16.5. The highest BCUT2D eigenvalue weighted by Crippen LogP contribution is 2.45. The summed E-state index contributed by atoms with van der Waals surface area (Å²) in [6.07, 6.45) is 5.65. The summed E-state index contributed by atoms with van der Waals surface area (Å²) in [6.45, 7) is 2.22. The van der Waals surface area contributed by atoms with Gasteiger partial charge in [0, 0.05) is 25.8 Å². The molecule has 1 unspecified atom stereocenters. The Balaban J connectivity index is 1.35. The van der Waals surface area contributed by atoms with Gasteiger partial charge in [-0.3, -0.25) is 0 Å². The quantitative estimate of drug-likeness (QED) is 0.889. The van der Waals surface area contributed by atoms with Crippen molar-refractivity contribution >= 4 is 16.8 Å². The molecular formula is C21H26N2O2. The fourth-order valence-corrected chi connectivity index (χ4v) is 4.48. The van der Waals surface area contributed by atoms with E-state index in [9.17, 15) is 4.79 Å². The van der Waals surface area contributed by atoms with Gasteiger partial charge in [0.1, 0.15) is 0 Å². The lowest BCUT2D eigenvalue weighted by Crippen LogP contribution is -2.50. The minimum absolute atomic E-state index is 0.0501. The number of nitrogens with one attached hydrogen (secondary N) is 2. The molecule has 1 spiro atoms. The van der Waals surface area contributed by atoms with E-state index in [0.29, 0.717) is 6.54 Å². The van der Waals surface area contributed by atoms with Crippen LogP contribution in [0.1, 0.15) is 37.7 Å². The highest BCUT2D eigenvalue weighted by molar-refractivity contribution is 5.83. The van der Waals surface area contributed by atoms with Gasteiger partial charge in [0.05, 0.1) is 0 Å². The van der Waals surface area contributed by atoms with Crippen LogP contribution in [-0.4, -0.2) is 25.3 Å². The Bertz CT molecular complexity index is 752. The third-order valence-corrected chi connectivity index (χ3v) is 5.97. The first-order valence-electron chi connectivity index (χ1n) is 9.35. The summed E-state index contributed by atoms with van der Waals surface area (Å²) >= 11 is 0. The van der Waals surface area contributed by atoms with Crippen LogP contribution in [0.2, 0.25) is 0 Å². The molecule has 2 aromatic rings. The third-order valence-electron chi connectivity index (χ3n) is 5.97. The molecule has 2 aliphatic rings. The van der Waals surface area contributed by atoms with Crippen molar-refractivity contribution in [1.29, 1.82) is 0 Å². The van der Waals surface area contributed by atoms with Crippen molar-refractivity contribution in [1.82, 2.24) is 10.6 Å². The van der Waals surface area contributed by atoms with Crippen molar-refractivity contribution in [2.45, 2.75) is 44.7 Å². The summed E-state index contributed by atoms with van der Waals surface area (Å²) in [5.41, 5.74) is 1.39. The number of hydrogen-bond donors (Lipinski definition) is 2. The Morgan fingerprint density at radius 2 is 1.88 bits per heavy atom. The molecule has 1 aliphatic carbocycles. The van der Waals surface area contributed by atoms with E-state index in [-0.39, 0.29) is 17.5 Å². The lowest BCUT2D eigenvalue weighted by molar-refractivity contribution is 0.00623. The smallest absolute Gasteiger partial charge is 0.315 e. The number of hydrogen-bond acceptors (Lipinski definition) is 2. The van der Waals surface area contributed by atoms with Crippen molar-refractivity contribution < 1.29 is 9.53 Å². The average Bonchev–Trinajstić information content (AvgIpc) is 3.02. The molecule has 1 saturated carbocycles. The van der Waals surface area contributed by atoms with Crippen LogP contribution in [-0.2, 0) is 11.3 Å². The average molecular weight is 338 g/mol. The van der Waals surface area contributed by atoms with Crippen LogP contribution in [0.25, 0.3) is 10.8 Å². The van der Waals surface area contributed by atoms with Crippen molar-refractivity contribution in [2.75, 3.05) is 13.2 Å². The van der Waals surface area contributed by atoms with Crippen molar-refractivity contribution in [3.63, 3.8) is 0 Å². The van der Waals surface area contributed by atoms with Crippen LogP contribution in [0, 0.1) is 5.41 Å². The van der Waals surface area contributed by atoms with Crippen molar-refractivity contribution in [2.24, 2.45) is 5.41 Å². The molecule has 2 fully saturated rings. The minimum atomic E-state index is -0.0501. The second-order valence-corrected chi connectivity index (χ2v) is 7.43. The number of urea groups is 1. The largest absolute Gasteiger partial charge is 0.381 e. The molecule has 1 aliphatic heterocycles. The summed E-state index contributed by atoms with van der Waals surface area (Å²) in [4.78, 5) is 12.4. The van der Waals surface area contributed by atoms with Gasteiger partial charge in [-0.15, -0.1) is 0 Å². The van der Waals surface area contributed by atoms with E-state index in [2.05, 4.69) is 41.0 Å². The second-order valence-electron chi connectivity index (χ2n) is 7.43. The predicted molar refractivity (Wildman–Crippen MR) is 99.4 cm³/mol. The fraction of sp³-hybridized carbons (Fsp3) is 0.476. The zero-order chi connectivity index (χ0) is 17.1. The van der Waals surface area contributed by atoms with Crippen LogP contribution in [0.5, 0.6) is 0 Å². The molecule has 2 N–H and O–H groups in total. The number of carbonyl (C=O) groups is 1. The molecule has 2 amide bonds. The van der Waals surface area contributed by atoms with Crippen LogP contribution >= 0.6 is 0 Å². The van der Waals surface area contributed by atoms with Crippen LogP contribution in [0.15, 0.2) is 42.5 Å². The van der Waals surface area contributed by atoms with E-state index in [1.807, 2.05) is 12.1 Å². The van der Waals surface area contributed by atoms with Gasteiger partial charge in [0.25, 0.3) is 0 Å². The van der Waals surface area contributed by atoms with E-state index in [1.165, 1.54) is 23.6 Å². The topological polar surface area (TPSA) is 50.4 Å². The highest BCUT2D eigenvalue weighted by Gasteiger charge is 2.44. The maximum absolute atomic E-state index is 12.4. The third kappa shape index (κ3) is 3.49. The molecule has 132 valence electrons. The maximum atomic E-state index is 12.4. The fourth-order valence-electron chi connectivity index (χ4n) is 4.48. The summed E-state index contributed by atoms with van der Waals surface area (Å²) in [5.74, 6) is 0. The van der Waals surface area contributed by atoms with Gasteiger partial charge in [-0.25, -0.2) is 4.79 Å². The summed E-state index contributed by atoms with van der Waals surface area (Å²) in [5, 5.41) is 8.71. The van der Waals surface area contributed by atoms with Gasteiger partial charge in [0.2, 0.25) is 0 Å². The van der Waals surface area contributed by atoms with Gasteiger partial charge in [0.15, 0.2) is 0 Å². The molecule has 1 atom stereocenters. The first kappa shape index (κ1) is 16.4. The molecular weight excluding hydrogens is 312 g/mol. The summed E-state index contributed by atoms with van der Waals surface area (Å²) < 4.78 is 5.52. The Morgan fingerprint density at radius 3 is 2.72 bits per heavy atom. The molecule has 1 heterocycles. The Hall–Kier alpha value is -2.07. The van der Waals surface area contributed by atoms with Gasteiger partial charge in [-0.1, -0.05) is 42.8 Å². The molecule has 0 aromatic heterocycles. The maximum Gasteiger partial charge on any atom is 0.315 e. The van der Waals surface area contributed by atoms with Gasteiger partial charge in [-0.2, -0.15) is 0 Å². The molecule has 2 aromatic carbocycles. The molecule has 4 rings (SSSR count). The van der Waals surface area contributed by atoms with E-state index >= 15 is 0 Å². The normalized spacial score (nSPS) is 22.2. The first-order valence-corrected chi connectivity index (χ1v) is 9.35. The Morgan fingerprint density at radius 1 is 1.08 bits per heavy atom. The summed E-state index contributed by atoms with van der Waals surface area (Å²) in [7, 11) is 0. The van der Waals surface area contributed by atoms with E-state index in [0.717, 1.165) is 38.0 Å². The van der Waals surface area contributed by atoms with Crippen LogP contribution < -0.4 is 10.6 Å². The van der Waals surface area contributed by atoms with Crippen molar-refractivity contribution in [3.05, 3.63) is 48.0 Å². The molecule has 1 saturated heterocycles. The first-order chi connectivity index (χ1) is 12.3. The van der Waals surface area contributed by atoms with Crippen LogP contribution in [0.4, 0.5) is 4.79 Å². The predicted octanol–water partition coefficient (Wildman–Crippen LogP) is 3.99. The zero-order valence-corrected chi connectivity index (χ0v) is 14.6. The SMILES string of the molecule is O=C(NCc1ccc2ccccc2c1)NC1CCCC12CCOCC2. The number of carbonyl (C=O) groups excluding carboxylic acids is 1. The molecule has 0 bridgehead atoms. The van der Waals surface area contributed by atoms with Gasteiger partial charge in [-0.05, 0) is 53.5 Å². The van der Waals surface area contributed by atoms with Crippen LogP contribution in [0.3, 0.4) is 0 Å². The molecule has 4 nitrogen and oxygen atoms in total. The number of amides is 2. The van der Waals surface area contributed by atoms with Crippen molar-refractivity contribution in [3.8, 4) is 0 Å². The molecule has 4 heteroatoms. The number of fused-ring (bicyclic) bond motifs is 1. The number of benzene rings is 2. The van der Waals surface area contributed by atoms with E-state index in [4.69, 9.17) is 4.74 Å². The minimum Gasteiger partial charge on any atom is -0.381 e. The van der Waals surface area contributed by atoms with E-state index in [1.54, 1.807) is 0 Å². The second kappa shape index (κ2) is 7.04. The van der Waals surface area contributed by atoms with Gasteiger partial charge < -0.3 is 15.4 Å². The van der Waals surface area contributed by atoms with E-state index < -0.39 is 0 Å². The zero-order valence-electron chi connectivity index (χ0n) is 14.6. The standard InChI is InChI=1S/C21H26N2O2/c24-20(23-19-6-3-9-21(19)10-12-25-13-11-21)22-15-16-7-8-17-4-1-2-5-18(17)14-16/h1-2,4-5,7-8,14,19H,3,6,9-13,15H2,(H2,22,23,24). The van der Waals surface area contributed by atoms with Gasteiger partial charge >= 0.3 is 6.03 Å². The molecule has 25 heavy (non-hydrogen) atoms. The summed E-state index contributed by atoms with van der Waals surface area (Å²) in [6, 6.07) is 14.9. The number of rotatable bonds is 3. The lowest BCUT2D eigenvalue weighted by Gasteiger charge is -2.39.